The summed E-state index contributed by atoms with van der Waals surface area (Å²) in [5, 5.41) is 8.60. The second-order valence-corrected chi connectivity index (χ2v) is 9.38. The first kappa shape index (κ1) is 24.2. The fraction of sp³-hybridized carbons (Fsp3) is 0.115. The number of amides is 1. The zero-order valence-electron chi connectivity index (χ0n) is 19.0. The minimum atomic E-state index is -3.82. The summed E-state index contributed by atoms with van der Waals surface area (Å²) in [6.07, 6.45) is 3.03. The van der Waals surface area contributed by atoms with E-state index in [1.165, 1.54) is 42.5 Å². The van der Waals surface area contributed by atoms with E-state index in [0.29, 0.717) is 34.8 Å². The third kappa shape index (κ3) is 5.42. The van der Waals surface area contributed by atoms with Crippen molar-refractivity contribution in [3.63, 3.8) is 0 Å². The minimum Gasteiger partial charge on any atom is -0.493 e. The zero-order chi connectivity index (χ0) is 25.2. The maximum atomic E-state index is 13.4. The molecule has 1 amide bonds. The number of hydrogen-bond donors (Lipinski definition) is 2. The zero-order valence-corrected chi connectivity index (χ0v) is 19.9. The third-order valence-electron chi connectivity index (χ3n) is 5.35. The predicted molar refractivity (Wildman–Crippen MR) is 133 cm³/mol. The van der Waals surface area contributed by atoms with Crippen LogP contribution in [0, 0.1) is 5.82 Å². The molecule has 7 nitrogen and oxygen atoms in total. The quantitative estimate of drug-likeness (QED) is 0.338. The number of nitrogens with one attached hydrogen (secondary N) is 1. The van der Waals surface area contributed by atoms with Gasteiger partial charge >= 0.3 is 0 Å². The Kier molecular flexibility index (Phi) is 6.72. The summed E-state index contributed by atoms with van der Waals surface area (Å²) in [5.74, 6) is -0.177. The third-order valence-corrected chi connectivity index (χ3v) is 6.28. The molecule has 0 unspecified atom stereocenters. The van der Waals surface area contributed by atoms with Crippen LogP contribution >= 0.6 is 0 Å². The Morgan fingerprint density at radius 1 is 1.11 bits per heavy atom. The molecular formula is C26H23FN2O5S. The number of rotatable bonds is 7. The lowest BCUT2D eigenvalue weighted by atomic mass is 9.99. The van der Waals surface area contributed by atoms with Gasteiger partial charge in [0, 0.05) is 34.3 Å². The summed E-state index contributed by atoms with van der Waals surface area (Å²) in [5.41, 5.74) is 3.94. The number of allylic oxidation sites excluding steroid dienone is 1. The Morgan fingerprint density at radius 3 is 2.43 bits per heavy atom. The molecule has 0 bridgehead atoms. The van der Waals surface area contributed by atoms with Crippen LogP contribution in [-0.4, -0.2) is 20.9 Å². The second kappa shape index (κ2) is 9.73. The van der Waals surface area contributed by atoms with Crippen LogP contribution in [0.15, 0.2) is 82.3 Å². The number of carbonyl (C=O) groups excluding carboxylic acids is 1. The highest BCUT2D eigenvalue weighted by Gasteiger charge is 2.16. The Balaban J connectivity index is 1.67. The summed E-state index contributed by atoms with van der Waals surface area (Å²) in [6, 6.07) is 15.3. The van der Waals surface area contributed by atoms with Gasteiger partial charge in [-0.1, -0.05) is 12.1 Å². The molecule has 9 heteroatoms. The maximum Gasteiger partial charge on any atom is 0.248 e. The van der Waals surface area contributed by atoms with E-state index >= 15 is 0 Å². The number of carbonyl (C=O) groups is 1. The van der Waals surface area contributed by atoms with Crippen molar-refractivity contribution in [1.82, 2.24) is 0 Å². The van der Waals surface area contributed by atoms with Gasteiger partial charge in [0.15, 0.2) is 0 Å². The van der Waals surface area contributed by atoms with Gasteiger partial charge in [0.05, 0.1) is 17.8 Å². The Labute approximate surface area is 202 Å². The topological polar surface area (TPSA) is 112 Å². The monoisotopic (exact) mass is 494 g/mol. The smallest absolute Gasteiger partial charge is 0.248 e. The van der Waals surface area contributed by atoms with E-state index in [0.717, 1.165) is 16.5 Å². The molecule has 0 saturated heterocycles. The molecular weight excluding hydrogens is 471 g/mol. The minimum absolute atomic E-state index is 0.0473. The van der Waals surface area contributed by atoms with Gasteiger partial charge in [0.25, 0.3) is 0 Å². The van der Waals surface area contributed by atoms with Gasteiger partial charge in [-0.3, -0.25) is 4.79 Å². The van der Waals surface area contributed by atoms with Crippen LogP contribution in [0.2, 0.25) is 0 Å². The van der Waals surface area contributed by atoms with E-state index in [2.05, 4.69) is 5.32 Å². The van der Waals surface area contributed by atoms with E-state index in [1.54, 1.807) is 31.4 Å². The SMILES string of the molecule is CCOc1cc2occ(-c3ccc(F)cc3)c2cc1/C(C)=C/C(=O)Nc1ccc(S(N)(=O)=O)cc1. The van der Waals surface area contributed by atoms with Gasteiger partial charge in [-0.05, 0) is 67.4 Å². The molecule has 3 aromatic carbocycles. The van der Waals surface area contributed by atoms with Crippen LogP contribution in [0.3, 0.4) is 0 Å². The fourth-order valence-corrected chi connectivity index (χ4v) is 4.19. The maximum absolute atomic E-state index is 13.4. The molecule has 1 heterocycles. The van der Waals surface area contributed by atoms with Crippen molar-refractivity contribution in [3.05, 3.63) is 84.4 Å². The number of fused-ring (bicyclic) bond motifs is 1. The van der Waals surface area contributed by atoms with E-state index in [9.17, 15) is 17.6 Å². The van der Waals surface area contributed by atoms with Crippen molar-refractivity contribution in [1.29, 1.82) is 0 Å². The number of furan rings is 1. The number of sulfonamides is 1. The number of nitrogens with two attached hydrogens (primary N) is 1. The highest BCUT2D eigenvalue weighted by atomic mass is 32.2. The molecule has 1 aromatic heterocycles. The molecule has 180 valence electrons. The number of anilines is 1. The van der Waals surface area contributed by atoms with Crippen molar-refractivity contribution in [2.45, 2.75) is 18.7 Å². The number of ether oxygens (including phenoxy) is 1. The number of benzene rings is 3. The molecule has 0 aliphatic carbocycles. The Bertz CT molecular complexity index is 1520. The fourth-order valence-electron chi connectivity index (χ4n) is 3.67. The summed E-state index contributed by atoms with van der Waals surface area (Å²) in [4.78, 5) is 12.6. The van der Waals surface area contributed by atoms with Crippen LogP contribution in [0.1, 0.15) is 19.4 Å². The largest absolute Gasteiger partial charge is 0.493 e. The highest BCUT2D eigenvalue weighted by molar-refractivity contribution is 7.89. The first-order valence-electron chi connectivity index (χ1n) is 10.7. The van der Waals surface area contributed by atoms with Crippen LogP contribution in [0.5, 0.6) is 5.75 Å². The van der Waals surface area contributed by atoms with Crippen LogP contribution in [0.4, 0.5) is 10.1 Å². The molecule has 0 radical (unpaired) electrons. The van der Waals surface area contributed by atoms with Crippen molar-refractivity contribution in [2.75, 3.05) is 11.9 Å². The van der Waals surface area contributed by atoms with Crippen molar-refractivity contribution >= 4 is 38.2 Å². The van der Waals surface area contributed by atoms with E-state index in [-0.39, 0.29) is 10.7 Å². The normalized spacial score (nSPS) is 12.1. The molecule has 0 aliphatic heterocycles. The number of primary sulfonamides is 1. The molecule has 3 N–H and O–H groups in total. The first-order valence-corrected chi connectivity index (χ1v) is 12.3. The van der Waals surface area contributed by atoms with Gasteiger partial charge in [-0.2, -0.15) is 0 Å². The molecule has 0 atom stereocenters. The predicted octanol–water partition coefficient (Wildman–Crippen LogP) is 5.33. The summed E-state index contributed by atoms with van der Waals surface area (Å²) < 4.78 is 47.7. The first-order chi connectivity index (χ1) is 16.7. The Hall–Kier alpha value is -3.95. The van der Waals surface area contributed by atoms with Gasteiger partial charge in [0.2, 0.25) is 15.9 Å². The van der Waals surface area contributed by atoms with Gasteiger partial charge in [-0.15, -0.1) is 0 Å². The number of hydrogen-bond acceptors (Lipinski definition) is 5. The molecule has 0 fully saturated rings. The molecule has 0 saturated carbocycles. The lowest BCUT2D eigenvalue weighted by molar-refractivity contribution is -0.111. The van der Waals surface area contributed by atoms with Crippen LogP contribution in [0.25, 0.3) is 27.7 Å². The van der Waals surface area contributed by atoms with E-state index < -0.39 is 15.9 Å². The lowest BCUT2D eigenvalue weighted by Gasteiger charge is -2.12. The molecule has 0 spiro atoms. The van der Waals surface area contributed by atoms with Crippen molar-refractivity contribution in [2.24, 2.45) is 5.14 Å². The lowest BCUT2D eigenvalue weighted by Crippen LogP contribution is -2.12. The van der Waals surface area contributed by atoms with Gasteiger partial charge < -0.3 is 14.5 Å². The average Bonchev–Trinajstić information content (AvgIpc) is 3.22. The second-order valence-electron chi connectivity index (χ2n) is 7.82. The van der Waals surface area contributed by atoms with Crippen molar-refractivity contribution in [3.8, 4) is 16.9 Å². The van der Waals surface area contributed by atoms with E-state index in [1.807, 2.05) is 13.0 Å². The molecule has 0 aliphatic rings. The highest BCUT2D eigenvalue weighted by Crippen LogP contribution is 2.37. The number of halogens is 1. The summed E-state index contributed by atoms with van der Waals surface area (Å²) >= 11 is 0. The molecule has 35 heavy (non-hydrogen) atoms. The van der Waals surface area contributed by atoms with Gasteiger partial charge in [-0.25, -0.2) is 17.9 Å². The van der Waals surface area contributed by atoms with Crippen LogP contribution in [-0.2, 0) is 14.8 Å². The summed E-state index contributed by atoms with van der Waals surface area (Å²) in [7, 11) is -3.82. The van der Waals surface area contributed by atoms with E-state index in [4.69, 9.17) is 14.3 Å². The Morgan fingerprint density at radius 2 is 1.80 bits per heavy atom. The molecule has 4 aromatic rings. The van der Waals surface area contributed by atoms with Crippen molar-refractivity contribution < 1.29 is 26.8 Å². The summed E-state index contributed by atoms with van der Waals surface area (Å²) in [6.45, 7) is 4.06. The average molecular weight is 495 g/mol. The standard InChI is InChI=1S/C26H23FN2O5S/c1-3-33-24-14-25-22(23(15-34-25)17-4-6-18(27)7-5-17)13-21(24)16(2)12-26(30)29-19-8-10-20(11-9-19)35(28,31)32/h4-15H,3H2,1-2H3,(H,29,30)(H2,28,31,32)/b16-12+. The van der Waals surface area contributed by atoms with Gasteiger partial charge in [0.1, 0.15) is 17.1 Å². The van der Waals surface area contributed by atoms with Crippen LogP contribution < -0.4 is 15.2 Å². The molecule has 4 rings (SSSR count).